The van der Waals surface area contributed by atoms with Crippen LogP contribution in [0.15, 0.2) is 18.2 Å². The molecule has 0 bridgehead atoms. The van der Waals surface area contributed by atoms with E-state index in [4.69, 9.17) is 5.73 Å². The number of nitrogens with two attached hydrogens (primary N) is 1. The molecule has 0 atom stereocenters. The van der Waals surface area contributed by atoms with Crippen molar-refractivity contribution in [3.05, 3.63) is 24.0 Å². The summed E-state index contributed by atoms with van der Waals surface area (Å²) >= 11 is 0. The third-order valence-corrected chi connectivity index (χ3v) is 1.82. The number of rotatable bonds is 2. The van der Waals surface area contributed by atoms with Crippen molar-refractivity contribution in [2.75, 3.05) is 24.2 Å². The maximum absolute atomic E-state index is 12.8. The Kier molecular flexibility index (Phi) is 2.53. The Morgan fingerprint density at radius 3 is 2.58 bits per heavy atom. The van der Waals surface area contributed by atoms with Gasteiger partial charge in [0.1, 0.15) is 5.82 Å². The van der Waals surface area contributed by atoms with Gasteiger partial charge in [-0.05, 0) is 25.1 Å². The van der Waals surface area contributed by atoms with Gasteiger partial charge in [-0.15, -0.1) is 0 Å². The third-order valence-electron chi connectivity index (χ3n) is 1.82. The first-order valence-corrected chi connectivity index (χ1v) is 3.90. The molecule has 0 fully saturated rings. The minimum absolute atomic E-state index is 0.287. The van der Waals surface area contributed by atoms with Gasteiger partial charge in [-0.3, -0.25) is 0 Å². The molecule has 0 spiro atoms. The van der Waals surface area contributed by atoms with Crippen molar-refractivity contribution >= 4 is 11.4 Å². The minimum Gasteiger partial charge on any atom is -0.399 e. The van der Waals surface area contributed by atoms with Crippen LogP contribution in [0, 0.1) is 5.82 Å². The summed E-state index contributed by atoms with van der Waals surface area (Å²) in [6.45, 7) is 2.84. The molecule has 0 aliphatic carbocycles. The van der Waals surface area contributed by atoms with Gasteiger partial charge in [0.25, 0.3) is 0 Å². The zero-order valence-electron chi connectivity index (χ0n) is 7.34. The summed E-state index contributed by atoms with van der Waals surface area (Å²) in [4.78, 5) is 1.93. The van der Waals surface area contributed by atoms with E-state index in [9.17, 15) is 4.39 Å². The van der Waals surface area contributed by atoms with Crippen LogP contribution < -0.4 is 10.6 Å². The van der Waals surface area contributed by atoms with Gasteiger partial charge in [0.15, 0.2) is 0 Å². The number of nitrogen functional groups attached to an aromatic ring is 1. The Morgan fingerprint density at radius 2 is 2.08 bits per heavy atom. The average molecular weight is 168 g/mol. The quantitative estimate of drug-likeness (QED) is 0.683. The van der Waals surface area contributed by atoms with Crippen molar-refractivity contribution in [2.45, 2.75) is 6.92 Å². The summed E-state index contributed by atoms with van der Waals surface area (Å²) < 4.78 is 12.8. The lowest BCUT2D eigenvalue weighted by Gasteiger charge is -2.16. The SMILES string of the molecule is CCN(C)c1cc(N)cc(F)c1. The highest BCUT2D eigenvalue weighted by Gasteiger charge is 2.01. The van der Waals surface area contributed by atoms with Gasteiger partial charge in [-0.25, -0.2) is 4.39 Å². The van der Waals surface area contributed by atoms with Gasteiger partial charge in [0, 0.05) is 25.0 Å². The molecule has 0 aliphatic heterocycles. The Labute approximate surface area is 71.8 Å². The van der Waals surface area contributed by atoms with Gasteiger partial charge >= 0.3 is 0 Å². The van der Waals surface area contributed by atoms with Crippen LogP contribution in [-0.4, -0.2) is 13.6 Å². The molecule has 0 saturated heterocycles. The predicted molar refractivity (Wildman–Crippen MR) is 49.8 cm³/mol. The molecule has 0 aromatic heterocycles. The second-order valence-corrected chi connectivity index (χ2v) is 2.76. The number of hydrogen-bond acceptors (Lipinski definition) is 2. The smallest absolute Gasteiger partial charge is 0.127 e. The van der Waals surface area contributed by atoms with E-state index in [-0.39, 0.29) is 5.82 Å². The van der Waals surface area contributed by atoms with Gasteiger partial charge in [0.05, 0.1) is 0 Å². The van der Waals surface area contributed by atoms with Crippen LogP contribution in [0.25, 0.3) is 0 Å². The van der Waals surface area contributed by atoms with Gasteiger partial charge in [-0.2, -0.15) is 0 Å². The monoisotopic (exact) mass is 168 g/mol. The number of benzene rings is 1. The summed E-state index contributed by atoms with van der Waals surface area (Å²) in [5, 5.41) is 0. The molecule has 3 heteroatoms. The van der Waals surface area contributed by atoms with E-state index < -0.39 is 0 Å². The number of anilines is 2. The molecule has 0 heterocycles. The molecule has 0 aliphatic rings. The Morgan fingerprint density at radius 1 is 1.42 bits per heavy atom. The minimum atomic E-state index is -0.287. The summed E-state index contributed by atoms with van der Waals surface area (Å²) in [5.41, 5.74) is 6.76. The third kappa shape index (κ3) is 1.87. The summed E-state index contributed by atoms with van der Waals surface area (Å²) in [6, 6.07) is 4.54. The largest absolute Gasteiger partial charge is 0.399 e. The maximum atomic E-state index is 12.8. The molecule has 0 amide bonds. The van der Waals surface area contributed by atoms with E-state index in [0.717, 1.165) is 12.2 Å². The molecule has 1 aromatic rings. The lowest BCUT2D eigenvalue weighted by Crippen LogP contribution is -2.16. The normalized spacial score (nSPS) is 9.92. The van der Waals surface area contributed by atoms with Gasteiger partial charge < -0.3 is 10.6 Å². The van der Waals surface area contributed by atoms with E-state index >= 15 is 0 Å². The lowest BCUT2D eigenvalue weighted by atomic mass is 10.2. The fourth-order valence-corrected chi connectivity index (χ4v) is 0.999. The van der Waals surface area contributed by atoms with Crippen molar-refractivity contribution in [3.8, 4) is 0 Å². The Hall–Kier alpha value is -1.25. The lowest BCUT2D eigenvalue weighted by molar-refractivity contribution is 0.628. The van der Waals surface area contributed by atoms with Crippen molar-refractivity contribution in [1.29, 1.82) is 0 Å². The number of halogens is 1. The first kappa shape index (κ1) is 8.84. The van der Waals surface area contributed by atoms with Crippen molar-refractivity contribution in [1.82, 2.24) is 0 Å². The van der Waals surface area contributed by atoms with Crippen LogP contribution in [0.5, 0.6) is 0 Å². The van der Waals surface area contributed by atoms with E-state index in [2.05, 4.69) is 0 Å². The Balaban J connectivity index is 3.00. The second-order valence-electron chi connectivity index (χ2n) is 2.76. The average Bonchev–Trinajstić information content (AvgIpc) is 2.01. The molecule has 2 nitrogen and oxygen atoms in total. The molecule has 0 radical (unpaired) electrons. The summed E-state index contributed by atoms with van der Waals surface area (Å²) in [5.74, 6) is -0.287. The molecule has 0 unspecified atom stereocenters. The molecule has 0 saturated carbocycles. The highest BCUT2D eigenvalue weighted by Crippen LogP contribution is 2.18. The molecule has 12 heavy (non-hydrogen) atoms. The van der Waals surface area contributed by atoms with E-state index in [0.29, 0.717) is 5.69 Å². The fourth-order valence-electron chi connectivity index (χ4n) is 0.999. The number of nitrogens with zero attached hydrogens (tertiary/aromatic N) is 1. The van der Waals surface area contributed by atoms with Crippen molar-refractivity contribution < 1.29 is 4.39 Å². The first-order valence-electron chi connectivity index (χ1n) is 3.90. The van der Waals surface area contributed by atoms with Crippen LogP contribution in [0.3, 0.4) is 0 Å². The standard InChI is InChI=1S/C9H13FN2/c1-3-12(2)9-5-7(10)4-8(11)6-9/h4-6H,3,11H2,1-2H3. The van der Waals surface area contributed by atoms with E-state index in [1.54, 1.807) is 6.07 Å². The highest BCUT2D eigenvalue weighted by atomic mass is 19.1. The van der Waals surface area contributed by atoms with E-state index in [1.807, 2.05) is 18.9 Å². The fraction of sp³-hybridized carbons (Fsp3) is 0.333. The summed E-state index contributed by atoms with van der Waals surface area (Å²) in [6.07, 6.45) is 0. The zero-order valence-corrected chi connectivity index (χ0v) is 7.34. The molecular formula is C9H13FN2. The molecule has 66 valence electrons. The Bertz CT molecular complexity index is 253. The maximum Gasteiger partial charge on any atom is 0.127 e. The zero-order chi connectivity index (χ0) is 9.14. The van der Waals surface area contributed by atoms with E-state index in [1.165, 1.54) is 12.1 Å². The van der Waals surface area contributed by atoms with Crippen molar-refractivity contribution in [3.63, 3.8) is 0 Å². The van der Waals surface area contributed by atoms with Crippen LogP contribution >= 0.6 is 0 Å². The molecule has 1 rings (SSSR count). The number of hydrogen-bond donors (Lipinski definition) is 1. The topological polar surface area (TPSA) is 29.3 Å². The predicted octanol–water partition coefficient (Wildman–Crippen LogP) is 1.86. The molecule has 1 aromatic carbocycles. The van der Waals surface area contributed by atoms with Crippen LogP contribution in [-0.2, 0) is 0 Å². The van der Waals surface area contributed by atoms with Crippen LogP contribution in [0.1, 0.15) is 6.92 Å². The molecule has 2 N–H and O–H groups in total. The first-order chi connectivity index (χ1) is 5.63. The summed E-state index contributed by atoms with van der Waals surface area (Å²) in [7, 11) is 1.90. The van der Waals surface area contributed by atoms with Crippen LogP contribution in [0.2, 0.25) is 0 Å². The van der Waals surface area contributed by atoms with Crippen LogP contribution in [0.4, 0.5) is 15.8 Å². The second kappa shape index (κ2) is 3.43. The molecular weight excluding hydrogens is 155 g/mol. The van der Waals surface area contributed by atoms with Crippen molar-refractivity contribution in [2.24, 2.45) is 0 Å². The van der Waals surface area contributed by atoms with Gasteiger partial charge in [0.2, 0.25) is 0 Å². The van der Waals surface area contributed by atoms with Gasteiger partial charge in [-0.1, -0.05) is 0 Å². The highest BCUT2D eigenvalue weighted by molar-refractivity contribution is 5.55.